The second-order valence-electron chi connectivity index (χ2n) is 26.4. The zero-order valence-electron chi connectivity index (χ0n) is 55.2. The van der Waals surface area contributed by atoms with Crippen molar-refractivity contribution in [2.24, 2.45) is 0 Å². The number of benzene rings is 15. The first kappa shape index (κ1) is 58.0. The van der Waals surface area contributed by atoms with Gasteiger partial charge in [-0.05, 0) is 196 Å². The van der Waals surface area contributed by atoms with Crippen LogP contribution in [0.3, 0.4) is 0 Å². The minimum absolute atomic E-state index is 0.206. The summed E-state index contributed by atoms with van der Waals surface area (Å²) in [4.78, 5) is 17.6. The quantitative estimate of drug-likeness (QED) is 0.119. The van der Waals surface area contributed by atoms with Gasteiger partial charge < -0.3 is 34.3 Å². The highest BCUT2D eigenvalue weighted by atomic mass is 15.2. The first-order valence-electron chi connectivity index (χ1n) is 34.8. The lowest BCUT2D eigenvalue weighted by Crippen LogP contribution is -2.65. The minimum atomic E-state index is -0.279. The molecule has 0 saturated carbocycles. The molecule has 15 aromatic carbocycles. The number of fused-ring (bicyclic) bond motifs is 11. The molecular formula is C92H63B2N7. The van der Waals surface area contributed by atoms with E-state index in [1.807, 2.05) is 0 Å². The van der Waals surface area contributed by atoms with Crippen LogP contribution in [0.5, 0.6) is 0 Å². The molecule has 5 heterocycles. The average molecular weight is 1290 g/mol. The van der Waals surface area contributed by atoms with E-state index < -0.39 is 0 Å². The van der Waals surface area contributed by atoms with E-state index in [2.05, 4.69) is 416 Å². The van der Waals surface area contributed by atoms with Gasteiger partial charge >= 0.3 is 0 Å². The second kappa shape index (κ2) is 23.8. The van der Waals surface area contributed by atoms with Crippen LogP contribution < -0.4 is 67.1 Å². The van der Waals surface area contributed by atoms with Crippen molar-refractivity contribution in [2.45, 2.75) is 0 Å². The van der Waals surface area contributed by atoms with E-state index in [-0.39, 0.29) is 13.4 Å². The smallest absolute Gasteiger partial charge is 0.252 e. The van der Waals surface area contributed by atoms with E-state index in [9.17, 15) is 0 Å². The van der Waals surface area contributed by atoms with Crippen LogP contribution in [-0.4, -0.2) is 13.4 Å². The number of para-hydroxylation sites is 11. The molecule has 15 aromatic rings. The highest BCUT2D eigenvalue weighted by Gasteiger charge is 2.50. The average Bonchev–Trinajstić information content (AvgIpc) is 0.883. The lowest BCUT2D eigenvalue weighted by molar-refractivity contribution is 1.21. The van der Waals surface area contributed by atoms with Crippen molar-refractivity contribution in [3.63, 3.8) is 0 Å². The van der Waals surface area contributed by atoms with Gasteiger partial charge in [0.2, 0.25) is 0 Å². The first-order valence-corrected chi connectivity index (χ1v) is 34.8. The summed E-state index contributed by atoms with van der Waals surface area (Å²) >= 11 is 0. The Kier molecular flexibility index (Phi) is 13.7. The molecule has 20 rings (SSSR count). The molecule has 0 N–H and O–H groups in total. The fourth-order valence-electron chi connectivity index (χ4n) is 16.7. The molecular weight excluding hydrogens is 1220 g/mol. The molecule has 0 spiro atoms. The van der Waals surface area contributed by atoms with E-state index in [0.29, 0.717) is 0 Å². The summed E-state index contributed by atoms with van der Waals surface area (Å²) in [5, 5.41) is 0. The molecule has 0 atom stereocenters. The van der Waals surface area contributed by atoms with Crippen molar-refractivity contribution in [3.8, 4) is 0 Å². The van der Waals surface area contributed by atoms with Crippen LogP contribution in [0.15, 0.2) is 370 Å². The molecule has 0 aliphatic carbocycles. The molecule has 5 aliphatic rings. The van der Waals surface area contributed by atoms with Crippen LogP contribution >= 0.6 is 0 Å². The summed E-state index contributed by atoms with van der Waals surface area (Å²) in [6.07, 6.45) is 4.73. The SMILES string of the molecule is C1=Cc2c(ccc3c2N(c2ccccc2)c2cc(N(c4ccccc4)c4ccccc4)cc4c2B3c2cc3c(cc2N4c2ccccc2)N(c2ccccc2)c2cc(N(c4ccccc4)c4ccccc4)cc4c2B3c2ccccc2N4c2ccccc2)N(c2ccccc2)c2ccccc21. The molecule has 472 valence electrons. The summed E-state index contributed by atoms with van der Waals surface area (Å²) in [5.74, 6) is 0. The number of hydrogen-bond donors (Lipinski definition) is 0. The molecule has 9 heteroatoms. The Morgan fingerprint density at radius 1 is 0.198 bits per heavy atom. The van der Waals surface area contributed by atoms with Crippen molar-refractivity contribution in [3.05, 3.63) is 381 Å². The molecule has 0 amide bonds. The number of hydrogen-bond acceptors (Lipinski definition) is 7. The van der Waals surface area contributed by atoms with Crippen molar-refractivity contribution in [1.82, 2.24) is 0 Å². The molecule has 5 aliphatic heterocycles. The van der Waals surface area contributed by atoms with Gasteiger partial charge in [0.05, 0.1) is 28.4 Å². The van der Waals surface area contributed by atoms with Gasteiger partial charge in [-0.2, -0.15) is 0 Å². The lowest BCUT2D eigenvalue weighted by atomic mass is 9.30. The topological polar surface area (TPSA) is 22.7 Å². The zero-order chi connectivity index (χ0) is 66.5. The van der Waals surface area contributed by atoms with Crippen LogP contribution in [0.2, 0.25) is 0 Å². The normalized spacial score (nSPS) is 13.2. The fourth-order valence-corrected chi connectivity index (χ4v) is 16.7. The third-order valence-corrected chi connectivity index (χ3v) is 20.8. The van der Waals surface area contributed by atoms with Crippen LogP contribution in [-0.2, 0) is 0 Å². The lowest BCUT2D eigenvalue weighted by Gasteiger charge is -2.48. The van der Waals surface area contributed by atoms with Gasteiger partial charge in [-0.25, -0.2) is 0 Å². The van der Waals surface area contributed by atoms with E-state index >= 15 is 0 Å². The summed E-state index contributed by atoms with van der Waals surface area (Å²) < 4.78 is 0. The van der Waals surface area contributed by atoms with Crippen LogP contribution in [0.1, 0.15) is 11.1 Å². The first-order chi connectivity index (χ1) is 50.2. The van der Waals surface area contributed by atoms with E-state index in [1.54, 1.807) is 0 Å². The van der Waals surface area contributed by atoms with Gasteiger partial charge in [0.1, 0.15) is 0 Å². The highest BCUT2D eigenvalue weighted by molar-refractivity contribution is 7.03. The summed E-state index contributed by atoms with van der Waals surface area (Å²) in [6.45, 7) is -0.484. The van der Waals surface area contributed by atoms with E-state index in [1.165, 1.54) is 32.8 Å². The van der Waals surface area contributed by atoms with Crippen molar-refractivity contribution >= 4 is 178 Å². The largest absolute Gasteiger partial charge is 0.311 e. The van der Waals surface area contributed by atoms with Crippen LogP contribution in [0.4, 0.5) is 119 Å². The third kappa shape index (κ3) is 9.31. The predicted molar refractivity (Wildman–Crippen MR) is 427 cm³/mol. The van der Waals surface area contributed by atoms with Gasteiger partial charge in [0.25, 0.3) is 13.4 Å². The highest BCUT2D eigenvalue weighted by Crippen LogP contribution is 2.55. The molecule has 0 unspecified atom stereocenters. The number of anilines is 21. The Morgan fingerprint density at radius 2 is 0.525 bits per heavy atom. The van der Waals surface area contributed by atoms with Gasteiger partial charge in [-0.3, -0.25) is 0 Å². The predicted octanol–water partition coefficient (Wildman–Crippen LogP) is 20.7. The van der Waals surface area contributed by atoms with Gasteiger partial charge in [-0.15, -0.1) is 0 Å². The summed E-state index contributed by atoms with van der Waals surface area (Å²) in [7, 11) is 0. The Morgan fingerprint density at radius 3 is 0.950 bits per heavy atom. The molecule has 0 fully saturated rings. The van der Waals surface area contributed by atoms with Gasteiger partial charge in [0.15, 0.2) is 0 Å². The van der Waals surface area contributed by atoms with Gasteiger partial charge in [-0.1, -0.05) is 224 Å². The molecule has 0 radical (unpaired) electrons. The summed E-state index contributed by atoms with van der Waals surface area (Å²) in [6, 6.07) is 137. The number of nitrogens with zero attached hydrogens (tertiary/aromatic N) is 7. The van der Waals surface area contributed by atoms with E-state index in [0.717, 1.165) is 131 Å². The third-order valence-electron chi connectivity index (χ3n) is 20.8. The molecule has 0 saturated heterocycles. The van der Waals surface area contributed by atoms with E-state index in [4.69, 9.17) is 0 Å². The van der Waals surface area contributed by atoms with Crippen LogP contribution in [0.25, 0.3) is 12.2 Å². The summed E-state index contributed by atoms with van der Waals surface area (Å²) in [5.41, 5.74) is 32.5. The molecule has 101 heavy (non-hydrogen) atoms. The molecule has 7 nitrogen and oxygen atoms in total. The Hall–Kier alpha value is -13.2. The van der Waals surface area contributed by atoms with Crippen LogP contribution in [0, 0.1) is 0 Å². The van der Waals surface area contributed by atoms with Crippen molar-refractivity contribution in [1.29, 1.82) is 0 Å². The fraction of sp³-hybridized carbons (Fsp3) is 0. The van der Waals surface area contributed by atoms with Crippen molar-refractivity contribution in [2.75, 3.05) is 34.3 Å². The maximum atomic E-state index is 2.65. The zero-order valence-corrected chi connectivity index (χ0v) is 55.2. The Labute approximate surface area is 589 Å². The Bertz CT molecular complexity index is 5620. The maximum Gasteiger partial charge on any atom is 0.252 e. The van der Waals surface area contributed by atoms with Crippen molar-refractivity contribution < 1.29 is 0 Å². The maximum absolute atomic E-state index is 2.65. The second-order valence-corrected chi connectivity index (χ2v) is 26.4. The number of rotatable bonds is 11. The molecule has 0 aromatic heterocycles. The Balaban J connectivity index is 0.929. The molecule has 0 bridgehead atoms. The van der Waals surface area contributed by atoms with Gasteiger partial charge in [0, 0.05) is 96.6 Å². The monoisotopic (exact) mass is 1290 g/mol. The minimum Gasteiger partial charge on any atom is -0.311 e. The standard InChI is InChI=1S/C92H63B2N7/c1-10-33-65(34-11-1)95(66-35-12-2-13-36-66)74-58-86-90-87(59-74)99(71-45-22-7-23-46-71)84-63-85-80(62-79(84)93(90)77-51-29-31-53-83(77)98(86)70-43-20-6-21-44-70)94-78-56-57-82-76(55-54-64-32-28-30-52-81(64)97(82)69-41-18-5-19-42-69)92(78)101(73-49-26-9-27-50-73)89-61-75(60-88(91(89)94)100(85)72-47-24-8-25-48-72)96(67-37-14-3-15-38-67)68-39-16-4-17-40-68/h1-63H.